The zero-order chi connectivity index (χ0) is 21.6. The van der Waals surface area contributed by atoms with E-state index in [4.69, 9.17) is 15.2 Å². The minimum absolute atomic E-state index is 0.283. The topological polar surface area (TPSA) is 114 Å². The van der Waals surface area contributed by atoms with Crippen LogP contribution in [0.1, 0.15) is 30.4 Å². The van der Waals surface area contributed by atoms with E-state index in [9.17, 15) is 10.4 Å². The predicted molar refractivity (Wildman–Crippen MR) is 116 cm³/mol. The van der Waals surface area contributed by atoms with Crippen molar-refractivity contribution in [1.82, 2.24) is 10.2 Å². The van der Waals surface area contributed by atoms with Crippen LogP contribution in [0.15, 0.2) is 54.7 Å². The highest BCUT2D eigenvalue weighted by Gasteiger charge is 2.27. The van der Waals surface area contributed by atoms with Gasteiger partial charge in [0, 0.05) is 11.6 Å². The second-order valence-electron chi connectivity index (χ2n) is 7.54. The molecular formula is C24H24N4O3. The fourth-order valence-corrected chi connectivity index (χ4v) is 3.70. The van der Waals surface area contributed by atoms with E-state index in [2.05, 4.69) is 16.3 Å². The molecule has 1 aliphatic carbocycles. The Kier molecular flexibility index (Phi) is 6.41. The molecule has 3 aromatic rings. The first-order valence-corrected chi connectivity index (χ1v) is 10.3. The Hall–Kier alpha value is -3.47. The van der Waals surface area contributed by atoms with E-state index in [0.717, 1.165) is 42.4 Å². The third kappa shape index (κ3) is 5.00. The SMILES string of the molecule is N#Cc1ccc(-c2ccc(CCN)cc2)c(Oc2cnnc(O[C@H]3CCCC3O)c2)c1. The molecule has 1 heterocycles. The average molecular weight is 416 g/mol. The van der Waals surface area contributed by atoms with Gasteiger partial charge in [-0.3, -0.25) is 0 Å². The lowest BCUT2D eigenvalue weighted by Gasteiger charge is -2.16. The fraction of sp³-hybridized carbons (Fsp3) is 0.292. The maximum Gasteiger partial charge on any atom is 0.237 e. The number of hydrogen-bond donors (Lipinski definition) is 2. The Morgan fingerprint density at radius 1 is 1.13 bits per heavy atom. The summed E-state index contributed by atoms with van der Waals surface area (Å²) in [5.41, 5.74) is 9.11. The van der Waals surface area contributed by atoms with Crippen LogP contribution in [0.5, 0.6) is 17.4 Å². The fourth-order valence-electron chi connectivity index (χ4n) is 3.70. The Bertz CT molecular complexity index is 1080. The molecular weight excluding hydrogens is 392 g/mol. The second-order valence-corrected chi connectivity index (χ2v) is 7.54. The van der Waals surface area contributed by atoms with Crippen molar-refractivity contribution in [3.63, 3.8) is 0 Å². The first-order chi connectivity index (χ1) is 15.2. The number of nitrogens with two attached hydrogens (primary N) is 1. The van der Waals surface area contributed by atoms with Gasteiger partial charge in [-0.1, -0.05) is 24.3 Å². The molecule has 0 aliphatic heterocycles. The molecule has 1 fully saturated rings. The summed E-state index contributed by atoms with van der Waals surface area (Å²) in [7, 11) is 0. The molecule has 0 bridgehead atoms. The molecule has 0 spiro atoms. The number of aliphatic hydroxyl groups is 1. The monoisotopic (exact) mass is 416 g/mol. The number of hydrogen-bond acceptors (Lipinski definition) is 7. The molecule has 1 unspecified atom stereocenters. The molecule has 2 aromatic carbocycles. The highest BCUT2D eigenvalue weighted by Crippen LogP contribution is 2.35. The van der Waals surface area contributed by atoms with Gasteiger partial charge in [-0.15, -0.1) is 5.10 Å². The van der Waals surface area contributed by atoms with Gasteiger partial charge in [0.25, 0.3) is 0 Å². The quantitative estimate of drug-likeness (QED) is 0.605. The van der Waals surface area contributed by atoms with E-state index in [1.165, 1.54) is 6.20 Å². The number of aromatic nitrogens is 2. The van der Waals surface area contributed by atoms with Crippen LogP contribution in [0.3, 0.4) is 0 Å². The third-order valence-corrected chi connectivity index (χ3v) is 5.33. The van der Waals surface area contributed by atoms with Gasteiger partial charge in [-0.25, -0.2) is 0 Å². The van der Waals surface area contributed by atoms with Crippen LogP contribution in [-0.2, 0) is 6.42 Å². The normalized spacial score (nSPS) is 17.8. The maximum absolute atomic E-state index is 9.99. The first kappa shape index (κ1) is 20.8. The van der Waals surface area contributed by atoms with Crippen molar-refractivity contribution in [1.29, 1.82) is 5.26 Å². The summed E-state index contributed by atoms with van der Waals surface area (Å²) in [6.07, 6.45) is 3.96. The number of ether oxygens (including phenoxy) is 2. The zero-order valence-corrected chi connectivity index (χ0v) is 17.1. The summed E-state index contributed by atoms with van der Waals surface area (Å²) >= 11 is 0. The third-order valence-electron chi connectivity index (χ3n) is 5.33. The van der Waals surface area contributed by atoms with Crippen molar-refractivity contribution in [3.8, 4) is 34.6 Å². The van der Waals surface area contributed by atoms with Crippen LogP contribution in [-0.4, -0.2) is 34.1 Å². The van der Waals surface area contributed by atoms with E-state index >= 15 is 0 Å². The molecule has 7 heteroatoms. The standard InChI is InChI=1S/C24H24N4O3/c25-11-10-16-4-7-18(8-5-16)20-9-6-17(14-26)12-23(20)30-19-13-24(28-27-15-19)31-22-3-1-2-21(22)29/h4-9,12-13,15,21-22,29H,1-3,10-11,25H2/t21?,22-/m0/s1. The first-order valence-electron chi connectivity index (χ1n) is 10.3. The molecule has 7 nitrogen and oxygen atoms in total. The lowest BCUT2D eigenvalue weighted by Crippen LogP contribution is -2.26. The van der Waals surface area contributed by atoms with Crippen LogP contribution in [0.2, 0.25) is 0 Å². The van der Waals surface area contributed by atoms with Crippen molar-refractivity contribution in [2.75, 3.05) is 6.54 Å². The largest absolute Gasteiger partial charge is 0.470 e. The van der Waals surface area contributed by atoms with Gasteiger partial charge in [-0.2, -0.15) is 10.4 Å². The lowest BCUT2D eigenvalue weighted by molar-refractivity contribution is 0.0566. The van der Waals surface area contributed by atoms with E-state index < -0.39 is 6.10 Å². The van der Waals surface area contributed by atoms with Crippen LogP contribution < -0.4 is 15.2 Å². The molecule has 0 saturated heterocycles. The molecule has 2 atom stereocenters. The van der Waals surface area contributed by atoms with Crippen LogP contribution in [0.4, 0.5) is 0 Å². The molecule has 1 aliphatic rings. The van der Waals surface area contributed by atoms with Gasteiger partial charge in [-0.05, 0) is 61.6 Å². The molecule has 0 radical (unpaired) electrons. The zero-order valence-electron chi connectivity index (χ0n) is 17.1. The number of nitrogens with zero attached hydrogens (tertiary/aromatic N) is 3. The van der Waals surface area contributed by atoms with Gasteiger partial charge in [0.05, 0.1) is 23.9 Å². The summed E-state index contributed by atoms with van der Waals surface area (Å²) in [5.74, 6) is 1.27. The number of rotatable bonds is 7. The van der Waals surface area contributed by atoms with Crippen molar-refractivity contribution in [3.05, 3.63) is 65.9 Å². The summed E-state index contributed by atoms with van der Waals surface area (Å²) in [6.45, 7) is 0.599. The van der Waals surface area contributed by atoms with Crippen LogP contribution in [0, 0.1) is 11.3 Å². The maximum atomic E-state index is 9.99. The molecule has 4 rings (SSSR count). The van der Waals surface area contributed by atoms with Crippen molar-refractivity contribution in [2.24, 2.45) is 5.73 Å². The van der Waals surface area contributed by atoms with Crippen molar-refractivity contribution in [2.45, 2.75) is 37.9 Å². The van der Waals surface area contributed by atoms with Crippen LogP contribution >= 0.6 is 0 Å². The molecule has 0 amide bonds. The van der Waals surface area contributed by atoms with Gasteiger partial charge in [0.2, 0.25) is 5.88 Å². The molecule has 1 saturated carbocycles. The number of benzene rings is 2. The highest BCUT2D eigenvalue weighted by atomic mass is 16.5. The highest BCUT2D eigenvalue weighted by molar-refractivity contribution is 5.72. The summed E-state index contributed by atoms with van der Waals surface area (Å²) in [4.78, 5) is 0. The molecule has 3 N–H and O–H groups in total. The lowest BCUT2D eigenvalue weighted by atomic mass is 10.0. The number of aliphatic hydroxyl groups excluding tert-OH is 1. The van der Waals surface area contributed by atoms with Crippen LogP contribution in [0.25, 0.3) is 11.1 Å². The van der Waals surface area contributed by atoms with Gasteiger partial charge in [0.15, 0.2) is 5.75 Å². The van der Waals surface area contributed by atoms with Crippen molar-refractivity contribution >= 4 is 0 Å². The second kappa shape index (κ2) is 9.56. The minimum atomic E-state index is -0.493. The van der Waals surface area contributed by atoms with E-state index in [1.54, 1.807) is 18.2 Å². The van der Waals surface area contributed by atoms with E-state index in [0.29, 0.717) is 29.5 Å². The van der Waals surface area contributed by atoms with Crippen molar-refractivity contribution < 1.29 is 14.6 Å². The summed E-state index contributed by atoms with van der Waals surface area (Å²) in [6, 6.07) is 17.2. The molecule has 158 valence electrons. The summed E-state index contributed by atoms with van der Waals surface area (Å²) in [5, 5.41) is 27.3. The van der Waals surface area contributed by atoms with Gasteiger partial charge < -0.3 is 20.3 Å². The van der Waals surface area contributed by atoms with Gasteiger partial charge in [0.1, 0.15) is 11.9 Å². The molecule has 1 aromatic heterocycles. The Morgan fingerprint density at radius 2 is 1.97 bits per heavy atom. The Labute approximate surface area is 181 Å². The summed E-state index contributed by atoms with van der Waals surface area (Å²) < 4.78 is 11.9. The Morgan fingerprint density at radius 3 is 2.68 bits per heavy atom. The smallest absolute Gasteiger partial charge is 0.237 e. The molecule has 31 heavy (non-hydrogen) atoms. The van der Waals surface area contributed by atoms with E-state index in [1.807, 2.05) is 30.3 Å². The van der Waals surface area contributed by atoms with Gasteiger partial charge >= 0.3 is 0 Å². The van der Waals surface area contributed by atoms with E-state index in [-0.39, 0.29) is 6.10 Å². The minimum Gasteiger partial charge on any atom is -0.470 e. The average Bonchev–Trinajstić information content (AvgIpc) is 3.19. The predicted octanol–water partition coefficient (Wildman–Crippen LogP) is 3.60. The number of nitriles is 1. The Balaban J connectivity index is 1.60.